The van der Waals surface area contributed by atoms with Crippen molar-refractivity contribution in [2.75, 3.05) is 13.1 Å². The molecule has 0 spiro atoms. The smallest absolute Gasteiger partial charge is 0.303 e. The van der Waals surface area contributed by atoms with Crippen LogP contribution in [0.15, 0.2) is 36.0 Å². The van der Waals surface area contributed by atoms with Gasteiger partial charge in [0.1, 0.15) is 17.5 Å². The van der Waals surface area contributed by atoms with Crippen LogP contribution in [-0.4, -0.2) is 30.1 Å². The SMILES string of the molecule is N#C/C(=C/NCCc1cccc(F)c1)C(=O)NCCCC(=O)O. The van der Waals surface area contributed by atoms with Crippen molar-refractivity contribution in [1.82, 2.24) is 10.6 Å². The summed E-state index contributed by atoms with van der Waals surface area (Å²) in [7, 11) is 0. The lowest BCUT2D eigenvalue weighted by Crippen LogP contribution is -2.27. The van der Waals surface area contributed by atoms with Gasteiger partial charge in [0.25, 0.3) is 5.91 Å². The second kappa shape index (κ2) is 9.95. The molecule has 6 nitrogen and oxygen atoms in total. The van der Waals surface area contributed by atoms with Gasteiger partial charge in [0.05, 0.1) is 0 Å². The van der Waals surface area contributed by atoms with Gasteiger partial charge >= 0.3 is 5.97 Å². The van der Waals surface area contributed by atoms with Crippen LogP contribution < -0.4 is 10.6 Å². The highest BCUT2D eigenvalue weighted by Crippen LogP contribution is 2.03. The summed E-state index contributed by atoms with van der Waals surface area (Å²) in [5.74, 6) is -1.80. The number of carbonyl (C=O) groups is 2. The Morgan fingerprint density at radius 2 is 2.13 bits per heavy atom. The van der Waals surface area contributed by atoms with Crippen molar-refractivity contribution in [1.29, 1.82) is 5.26 Å². The normalized spacial score (nSPS) is 10.7. The number of nitrogens with zero attached hydrogens (tertiary/aromatic N) is 1. The molecular weight excluding hydrogens is 301 g/mol. The third-order valence-corrected chi connectivity index (χ3v) is 2.91. The number of carboxylic acid groups (broad SMARTS) is 1. The Labute approximate surface area is 133 Å². The summed E-state index contributed by atoms with van der Waals surface area (Å²) < 4.78 is 13.0. The van der Waals surface area contributed by atoms with Gasteiger partial charge in [0.2, 0.25) is 0 Å². The molecule has 0 fully saturated rings. The predicted molar refractivity (Wildman–Crippen MR) is 81.7 cm³/mol. The van der Waals surface area contributed by atoms with E-state index in [2.05, 4.69) is 10.6 Å². The molecule has 0 heterocycles. The molecule has 0 aromatic heterocycles. The molecule has 3 N–H and O–H groups in total. The van der Waals surface area contributed by atoms with E-state index in [1.807, 2.05) is 0 Å². The minimum absolute atomic E-state index is 0.0439. The maximum atomic E-state index is 13.0. The standard InChI is InChI=1S/C16H18FN3O3/c17-14-4-1-3-12(9-14)6-8-19-11-13(10-18)16(23)20-7-2-5-15(21)22/h1,3-4,9,11,19H,2,5-8H2,(H,20,23)(H,21,22)/b13-11-. The number of amides is 1. The van der Waals surface area contributed by atoms with Crippen molar-refractivity contribution < 1.29 is 19.1 Å². The summed E-state index contributed by atoms with van der Waals surface area (Å²) >= 11 is 0. The monoisotopic (exact) mass is 319 g/mol. The molecule has 0 bridgehead atoms. The van der Waals surface area contributed by atoms with Gasteiger partial charge in [0, 0.05) is 25.7 Å². The molecule has 1 rings (SSSR count). The minimum atomic E-state index is -0.936. The zero-order chi connectivity index (χ0) is 17.1. The van der Waals surface area contributed by atoms with Crippen LogP contribution >= 0.6 is 0 Å². The van der Waals surface area contributed by atoms with Gasteiger partial charge in [-0.1, -0.05) is 12.1 Å². The Hall–Kier alpha value is -2.88. The fourth-order valence-corrected chi connectivity index (χ4v) is 1.77. The van der Waals surface area contributed by atoms with Gasteiger partial charge in [0.15, 0.2) is 0 Å². The maximum absolute atomic E-state index is 13.0. The molecule has 0 aliphatic carbocycles. The number of rotatable bonds is 9. The Balaban J connectivity index is 2.35. The van der Waals surface area contributed by atoms with Crippen molar-refractivity contribution in [3.63, 3.8) is 0 Å². The lowest BCUT2D eigenvalue weighted by atomic mass is 10.1. The quantitative estimate of drug-likeness (QED) is 0.362. The summed E-state index contributed by atoms with van der Waals surface area (Å²) in [6.07, 6.45) is 2.10. The van der Waals surface area contributed by atoms with Crippen molar-refractivity contribution in [2.45, 2.75) is 19.3 Å². The first kappa shape index (κ1) is 18.2. The van der Waals surface area contributed by atoms with E-state index in [0.717, 1.165) is 5.56 Å². The van der Waals surface area contributed by atoms with Gasteiger partial charge in [-0.15, -0.1) is 0 Å². The van der Waals surface area contributed by atoms with E-state index in [0.29, 0.717) is 19.4 Å². The summed E-state index contributed by atoms with van der Waals surface area (Å²) in [5.41, 5.74) is 0.710. The van der Waals surface area contributed by atoms with Crippen molar-refractivity contribution in [2.24, 2.45) is 0 Å². The van der Waals surface area contributed by atoms with Crippen LogP contribution in [0.25, 0.3) is 0 Å². The van der Waals surface area contributed by atoms with Gasteiger partial charge in [-0.3, -0.25) is 9.59 Å². The van der Waals surface area contributed by atoms with E-state index in [1.165, 1.54) is 18.3 Å². The average molecular weight is 319 g/mol. The number of carboxylic acids is 1. The molecule has 0 aliphatic heterocycles. The van der Waals surface area contributed by atoms with Crippen LogP contribution in [0.5, 0.6) is 0 Å². The number of benzene rings is 1. The fourth-order valence-electron chi connectivity index (χ4n) is 1.77. The van der Waals surface area contributed by atoms with Gasteiger partial charge < -0.3 is 15.7 Å². The van der Waals surface area contributed by atoms with E-state index in [-0.39, 0.29) is 24.4 Å². The summed E-state index contributed by atoms with van der Waals surface area (Å²) in [5, 5.41) is 22.7. The number of hydrogen-bond acceptors (Lipinski definition) is 4. The van der Waals surface area contributed by atoms with E-state index in [1.54, 1.807) is 18.2 Å². The van der Waals surface area contributed by atoms with Gasteiger partial charge in [-0.25, -0.2) is 4.39 Å². The number of carbonyl (C=O) groups excluding carboxylic acids is 1. The topological polar surface area (TPSA) is 102 Å². The summed E-state index contributed by atoms with van der Waals surface area (Å²) in [6.45, 7) is 0.633. The highest BCUT2D eigenvalue weighted by Gasteiger charge is 2.08. The molecule has 1 aromatic rings. The molecule has 23 heavy (non-hydrogen) atoms. The van der Waals surface area contributed by atoms with E-state index < -0.39 is 11.9 Å². The number of nitrogens with one attached hydrogen (secondary N) is 2. The first-order valence-electron chi connectivity index (χ1n) is 7.11. The molecule has 7 heteroatoms. The highest BCUT2D eigenvalue weighted by atomic mass is 19.1. The average Bonchev–Trinajstić information content (AvgIpc) is 2.51. The molecule has 0 atom stereocenters. The first-order valence-corrected chi connectivity index (χ1v) is 7.11. The molecule has 1 aromatic carbocycles. The number of aliphatic carboxylic acids is 1. The van der Waals surface area contributed by atoms with E-state index in [9.17, 15) is 14.0 Å². The Morgan fingerprint density at radius 1 is 1.35 bits per heavy atom. The van der Waals surface area contributed by atoms with Crippen LogP contribution in [-0.2, 0) is 16.0 Å². The molecule has 0 aliphatic rings. The first-order chi connectivity index (χ1) is 11.0. The minimum Gasteiger partial charge on any atom is -0.481 e. The predicted octanol–water partition coefficient (Wildman–Crippen LogP) is 1.35. The zero-order valence-corrected chi connectivity index (χ0v) is 12.5. The third kappa shape index (κ3) is 7.62. The van der Waals surface area contributed by atoms with E-state index >= 15 is 0 Å². The summed E-state index contributed by atoms with van der Waals surface area (Å²) in [6, 6.07) is 7.96. The molecular formula is C16H18FN3O3. The lowest BCUT2D eigenvalue weighted by Gasteiger charge is -2.05. The van der Waals surface area contributed by atoms with Crippen LogP contribution in [0.2, 0.25) is 0 Å². The van der Waals surface area contributed by atoms with Gasteiger partial charge in [-0.2, -0.15) is 5.26 Å². The fraction of sp³-hybridized carbons (Fsp3) is 0.312. The van der Waals surface area contributed by atoms with Crippen LogP contribution in [0.4, 0.5) is 4.39 Å². The lowest BCUT2D eigenvalue weighted by molar-refractivity contribution is -0.137. The zero-order valence-electron chi connectivity index (χ0n) is 12.5. The van der Waals surface area contributed by atoms with Crippen LogP contribution in [0.1, 0.15) is 18.4 Å². The third-order valence-electron chi connectivity index (χ3n) is 2.91. The van der Waals surface area contributed by atoms with Crippen LogP contribution in [0.3, 0.4) is 0 Å². The Bertz CT molecular complexity index is 623. The molecule has 0 saturated carbocycles. The van der Waals surface area contributed by atoms with Crippen molar-refractivity contribution >= 4 is 11.9 Å². The molecule has 0 unspecified atom stereocenters. The van der Waals surface area contributed by atoms with Crippen LogP contribution in [0, 0.1) is 17.1 Å². The largest absolute Gasteiger partial charge is 0.481 e. The molecule has 1 amide bonds. The van der Waals surface area contributed by atoms with Gasteiger partial charge in [-0.05, 0) is 30.5 Å². The number of nitriles is 1. The second-order valence-electron chi connectivity index (χ2n) is 4.76. The number of halogens is 1. The highest BCUT2D eigenvalue weighted by molar-refractivity contribution is 5.97. The molecule has 0 saturated heterocycles. The Morgan fingerprint density at radius 3 is 2.78 bits per heavy atom. The van der Waals surface area contributed by atoms with Crippen molar-refractivity contribution in [3.05, 3.63) is 47.4 Å². The van der Waals surface area contributed by atoms with Crippen molar-refractivity contribution in [3.8, 4) is 6.07 Å². The Kier molecular flexibility index (Phi) is 7.86. The summed E-state index contributed by atoms with van der Waals surface area (Å²) in [4.78, 5) is 22.0. The molecule has 0 radical (unpaired) electrons. The van der Waals surface area contributed by atoms with E-state index in [4.69, 9.17) is 10.4 Å². The number of hydrogen-bond donors (Lipinski definition) is 3. The molecule has 122 valence electrons. The maximum Gasteiger partial charge on any atom is 0.303 e. The second-order valence-corrected chi connectivity index (χ2v) is 4.76.